The molecule has 0 saturated heterocycles. The molecule has 0 fully saturated rings. The Bertz CT molecular complexity index is 375. The molecule has 0 amide bonds. The standard InChI is InChI=1S/C8H15N3O2S2/c1-2-15(12,13)5-3-4-7(9)8-6-10-14-11-8/h6-7H,2-5,9H2,1H3. The average Bonchev–Trinajstić information content (AvgIpc) is 2.70. The summed E-state index contributed by atoms with van der Waals surface area (Å²) in [5.41, 5.74) is 6.56. The molecule has 1 rings (SSSR count). The van der Waals surface area contributed by atoms with Gasteiger partial charge in [-0.2, -0.15) is 8.75 Å². The van der Waals surface area contributed by atoms with E-state index in [2.05, 4.69) is 8.75 Å². The number of nitrogens with two attached hydrogens (primary N) is 1. The van der Waals surface area contributed by atoms with E-state index in [-0.39, 0.29) is 17.5 Å². The summed E-state index contributed by atoms with van der Waals surface area (Å²) in [6, 6.07) is -0.198. The summed E-state index contributed by atoms with van der Waals surface area (Å²) in [6.07, 6.45) is 2.84. The van der Waals surface area contributed by atoms with Crippen molar-refractivity contribution in [3.8, 4) is 0 Å². The number of rotatable bonds is 6. The summed E-state index contributed by atoms with van der Waals surface area (Å²) in [5.74, 6) is 0.398. The first kappa shape index (κ1) is 12.5. The Hall–Kier alpha value is -0.530. The number of sulfone groups is 1. The molecule has 1 atom stereocenters. The molecular weight excluding hydrogens is 234 g/mol. The van der Waals surface area contributed by atoms with Crippen molar-refractivity contribution in [1.29, 1.82) is 0 Å². The van der Waals surface area contributed by atoms with Gasteiger partial charge in [-0.15, -0.1) is 0 Å². The highest BCUT2D eigenvalue weighted by Crippen LogP contribution is 2.14. The Morgan fingerprint density at radius 3 is 2.87 bits per heavy atom. The molecular formula is C8H15N3O2S2. The van der Waals surface area contributed by atoms with Gasteiger partial charge < -0.3 is 5.73 Å². The second-order valence-electron chi connectivity index (χ2n) is 3.32. The SMILES string of the molecule is CCS(=O)(=O)CCCC(N)c1cnsn1. The Balaban J connectivity index is 2.33. The molecule has 2 N–H and O–H groups in total. The predicted octanol–water partition coefficient (Wildman–Crippen LogP) is 0.753. The van der Waals surface area contributed by atoms with Crippen LogP contribution in [0.3, 0.4) is 0 Å². The van der Waals surface area contributed by atoms with Gasteiger partial charge in [-0.3, -0.25) is 0 Å². The molecule has 0 bridgehead atoms. The van der Waals surface area contributed by atoms with E-state index in [0.717, 1.165) is 17.4 Å². The fourth-order valence-electron chi connectivity index (χ4n) is 1.15. The van der Waals surface area contributed by atoms with Gasteiger partial charge in [0.25, 0.3) is 0 Å². The van der Waals surface area contributed by atoms with E-state index < -0.39 is 9.84 Å². The van der Waals surface area contributed by atoms with Gasteiger partial charge in [-0.05, 0) is 12.8 Å². The molecule has 5 nitrogen and oxygen atoms in total. The first-order chi connectivity index (χ1) is 7.05. The third-order valence-electron chi connectivity index (χ3n) is 2.17. The number of nitrogens with zero attached hydrogens (tertiary/aromatic N) is 2. The Morgan fingerprint density at radius 2 is 2.33 bits per heavy atom. The van der Waals surface area contributed by atoms with Crippen LogP contribution in [0.5, 0.6) is 0 Å². The largest absolute Gasteiger partial charge is 0.323 e. The second-order valence-corrected chi connectivity index (χ2v) is 6.35. The maximum Gasteiger partial charge on any atom is 0.150 e. The third kappa shape index (κ3) is 4.23. The van der Waals surface area contributed by atoms with Crippen LogP contribution in [-0.2, 0) is 9.84 Å². The van der Waals surface area contributed by atoms with Crippen LogP contribution in [0, 0.1) is 0 Å². The lowest BCUT2D eigenvalue weighted by atomic mass is 10.1. The lowest BCUT2D eigenvalue weighted by molar-refractivity contribution is 0.581. The molecule has 1 heterocycles. The van der Waals surface area contributed by atoms with Crippen molar-refractivity contribution < 1.29 is 8.42 Å². The topological polar surface area (TPSA) is 85.9 Å². The number of aromatic nitrogens is 2. The Labute approximate surface area is 93.9 Å². The zero-order valence-corrected chi connectivity index (χ0v) is 10.2. The van der Waals surface area contributed by atoms with Crippen LogP contribution in [0.2, 0.25) is 0 Å². The molecule has 0 aliphatic heterocycles. The molecule has 0 aliphatic carbocycles. The predicted molar refractivity (Wildman–Crippen MR) is 60.4 cm³/mol. The molecule has 0 radical (unpaired) electrons. The molecule has 7 heteroatoms. The molecule has 15 heavy (non-hydrogen) atoms. The fraction of sp³-hybridized carbons (Fsp3) is 0.750. The molecule has 0 aromatic carbocycles. The fourth-order valence-corrected chi connectivity index (χ4v) is 2.52. The lowest BCUT2D eigenvalue weighted by Gasteiger charge is -2.07. The monoisotopic (exact) mass is 249 g/mol. The van der Waals surface area contributed by atoms with Crippen LogP contribution in [0.4, 0.5) is 0 Å². The smallest absolute Gasteiger partial charge is 0.150 e. The summed E-state index contributed by atoms with van der Waals surface area (Å²) >= 11 is 1.11. The molecule has 0 aliphatic rings. The maximum absolute atomic E-state index is 11.2. The molecule has 0 spiro atoms. The zero-order chi connectivity index (χ0) is 11.3. The van der Waals surface area contributed by atoms with E-state index in [4.69, 9.17) is 5.73 Å². The minimum atomic E-state index is -2.87. The van der Waals surface area contributed by atoms with Gasteiger partial charge in [-0.1, -0.05) is 6.92 Å². The van der Waals surface area contributed by atoms with Gasteiger partial charge >= 0.3 is 0 Å². The van der Waals surface area contributed by atoms with E-state index >= 15 is 0 Å². The van der Waals surface area contributed by atoms with Crippen molar-refractivity contribution in [2.75, 3.05) is 11.5 Å². The molecule has 1 unspecified atom stereocenters. The van der Waals surface area contributed by atoms with Crippen LogP contribution in [-0.4, -0.2) is 28.7 Å². The highest BCUT2D eigenvalue weighted by molar-refractivity contribution is 7.91. The summed E-state index contributed by atoms with van der Waals surface area (Å²) in [4.78, 5) is 0. The van der Waals surface area contributed by atoms with Gasteiger partial charge in [0.1, 0.15) is 9.84 Å². The quantitative estimate of drug-likeness (QED) is 0.804. The van der Waals surface area contributed by atoms with Crippen LogP contribution in [0.15, 0.2) is 6.20 Å². The lowest BCUT2D eigenvalue weighted by Crippen LogP contribution is -2.14. The van der Waals surface area contributed by atoms with Gasteiger partial charge in [0, 0.05) is 11.8 Å². The van der Waals surface area contributed by atoms with Crippen molar-refractivity contribution >= 4 is 21.6 Å². The van der Waals surface area contributed by atoms with Crippen molar-refractivity contribution in [2.45, 2.75) is 25.8 Å². The molecule has 1 aromatic rings. The van der Waals surface area contributed by atoms with E-state index in [9.17, 15) is 8.42 Å². The first-order valence-electron chi connectivity index (χ1n) is 4.78. The highest BCUT2D eigenvalue weighted by Gasteiger charge is 2.12. The van der Waals surface area contributed by atoms with Gasteiger partial charge in [0.05, 0.1) is 29.4 Å². The van der Waals surface area contributed by atoms with Crippen LogP contribution in [0.1, 0.15) is 31.5 Å². The second kappa shape index (κ2) is 5.53. The van der Waals surface area contributed by atoms with Crippen molar-refractivity contribution in [2.24, 2.45) is 5.73 Å². The summed E-state index contributed by atoms with van der Waals surface area (Å²) in [5, 5.41) is 0. The van der Waals surface area contributed by atoms with E-state index in [0.29, 0.717) is 12.8 Å². The first-order valence-corrected chi connectivity index (χ1v) is 7.34. The van der Waals surface area contributed by atoms with Gasteiger partial charge in [0.15, 0.2) is 0 Å². The van der Waals surface area contributed by atoms with Gasteiger partial charge in [0.2, 0.25) is 0 Å². The average molecular weight is 249 g/mol. The zero-order valence-electron chi connectivity index (χ0n) is 8.59. The molecule has 86 valence electrons. The number of hydrogen-bond donors (Lipinski definition) is 1. The highest BCUT2D eigenvalue weighted by atomic mass is 32.2. The van der Waals surface area contributed by atoms with Crippen LogP contribution >= 0.6 is 11.7 Å². The van der Waals surface area contributed by atoms with Crippen molar-refractivity contribution in [1.82, 2.24) is 8.75 Å². The molecule has 1 aromatic heterocycles. The summed E-state index contributed by atoms with van der Waals surface area (Å²) < 4.78 is 30.3. The van der Waals surface area contributed by atoms with E-state index in [1.807, 2.05) is 0 Å². The van der Waals surface area contributed by atoms with Crippen LogP contribution < -0.4 is 5.73 Å². The number of hydrogen-bond acceptors (Lipinski definition) is 6. The molecule has 0 saturated carbocycles. The van der Waals surface area contributed by atoms with E-state index in [1.54, 1.807) is 13.1 Å². The van der Waals surface area contributed by atoms with Gasteiger partial charge in [-0.25, -0.2) is 8.42 Å². The van der Waals surface area contributed by atoms with Crippen molar-refractivity contribution in [3.05, 3.63) is 11.9 Å². The minimum Gasteiger partial charge on any atom is -0.323 e. The minimum absolute atomic E-state index is 0.195. The normalized spacial score (nSPS) is 14.0. The van der Waals surface area contributed by atoms with Crippen LogP contribution in [0.25, 0.3) is 0 Å². The Morgan fingerprint density at radius 1 is 1.60 bits per heavy atom. The Kier molecular flexibility index (Phi) is 4.62. The maximum atomic E-state index is 11.2. The third-order valence-corrected chi connectivity index (χ3v) is 4.45. The van der Waals surface area contributed by atoms with E-state index in [1.165, 1.54) is 0 Å². The summed E-state index contributed by atoms with van der Waals surface area (Å²) in [6.45, 7) is 1.65. The van der Waals surface area contributed by atoms with Crippen molar-refractivity contribution in [3.63, 3.8) is 0 Å². The summed E-state index contributed by atoms with van der Waals surface area (Å²) in [7, 11) is -2.87.